The molecule has 0 unspecified atom stereocenters. The van der Waals surface area contributed by atoms with E-state index in [1.807, 2.05) is 30.5 Å². The summed E-state index contributed by atoms with van der Waals surface area (Å²) in [5.74, 6) is 2.25. The molecule has 4 heterocycles. The number of H-pyrrole nitrogens is 1. The molecule has 0 amide bonds. The molecule has 0 atom stereocenters. The average molecular weight is 509 g/mol. The number of imidazole rings is 1. The van der Waals surface area contributed by atoms with Crippen LogP contribution in [0.2, 0.25) is 0 Å². The molecule has 1 N–H and O–H groups in total. The lowest BCUT2D eigenvalue weighted by Crippen LogP contribution is -2.05. The van der Waals surface area contributed by atoms with E-state index in [1.54, 1.807) is 6.20 Å². The summed E-state index contributed by atoms with van der Waals surface area (Å²) < 4.78 is 8.18. The van der Waals surface area contributed by atoms with Gasteiger partial charge in [-0.1, -0.05) is 42.5 Å². The van der Waals surface area contributed by atoms with Gasteiger partial charge in [-0.05, 0) is 65.6 Å². The molecule has 0 saturated heterocycles. The van der Waals surface area contributed by atoms with Gasteiger partial charge in [0.1, 0.15) is 17.1 Å². The van der Waals surface area contributed by atoms with Crippen molar-refractivity contribution in [2.24, 2.45) is 0 Å². The van der Waals surface area contributed by atoms with Crippen molar-refractivity contribution in [3.63, 3.8) is 0 Å². The van der Waals surface area contributed by atoms with Crippen molar-refractivity contribution in [2.75, 3.05) is 0 Å². The summed E-state index contributed by atoms with van der Waals surface area (Å²) in [7, 11) is 0. The molecule has 37 heavy (non-hydrogen) atoms. The molecule has 184 valence electrons. The molecule has 0 bridgehead atoms. The van der Waals surface area contributed by atoms with Gasteiger partial charge in [0.25, 0.3) is 5.19 Å². The maximum absolute atomic E-state index is 5.96. The van der Waals surface area contributed by atoms with E-state index in [2.05, 4.69) is 74.4 Å². The monoisotopic (exact) mass is 508 g/mol. The fourth-order valence-corrected chi connectivity index (χ4v) is 5.02. The highest BCUT2D eigenvalue weighted by Crippen LogP contribution is 2.35. The van der Waals surface area contributed by atoms with E-state index < -0.39 is 0 Å². The number of hydrogen-bond acceptors (Lipinski definition) is 8. The molecule has 10 heteroatoms. The zero-order chi connectivity index (χ0) is 25.4. The van der Waals surface area contributed by atoms with Gasteiger partial charge in [0, 0.05) is 29.3 Å². The third kappa shape index (κ3) is 4.47. The number of benzene rings is 2. The molecule has 6 aromatic rings. The number of aromatic amines is 1. The molecule has 4 aromatic heterocycles. The van der Waals surface area contributed by atoms with E-state index in [0.29, 0.717) is 23.3 Å². The Labute approximate surface area is 217 Å². The Morgan fingerprint density at radius 2 is 1.86 bits per heavy atom. The Hall–Kier alpha value is -4.44. The first-order valence-electron chi connectivity index (χ1n) is 12.0. The molecule has 0 aliphatic rings. The predicted molar refractivity (Wildman–Crippen MR) is 143 cm³/mol. The smallest absolute Gasteiger partial charge is 0.278 e. The molecule has 0 radical (unpaired) electrons. The van der Waals surface area contributed by atoms with Crippen LogP contribution in [0.25, 0.3) is 33.7 Å². The lowest BCUT2D eigenvalue weighted by atomic mass is 9.98. The van der Waals surface area contributed by atoms with E-state index in [-0.39, 0.29) is 0 Å². The first kappa shape index (κ1) is 23.0. The van der Waals surface area contributed by atoms with Gasteiger partial charge in [0.15, 0.2) is 5.65 Å². The quantitative estimate of drug-likeness (QED) is 0.292. The number of aryl methyl sites for hydroxylation is 3. The number of aromatic nitrogens is 8. The van der Waals surface area contributed by atoms with Crippen molar-refractivity contribution in [3.8, 4) is 33.5 Å². The van der Waals surface area contributed by atoms with Crippen molar-refractivity contribution < 1.29 is 4.74 Å². The van der Waals surface area contributed by atoms with Gasteiger partial charge in [-0.2, -0.15) is 5.21 Å². The second-order valence-electron chi connectivity index (χ2n) is 8.76. The highest BCUT2D eigenvalue weighted by molar-refractivity contribution is 7.11. The van der Waals surface area contributed by atoms with Crippen molar-refractivity contribution in [3.05, 3.63) is 82.8 Å². The Balaban J connectivity index is 1.36. The summed E-state index contributed by atoms with van der Waals surface area (Å²) >= 11 is 1.44. The first-order chi connectivity index (χ1) is 18.1. The van der Waals surface area contributed by atoms with E-state index in [4.69, 9.17) is 14.7 Å². The topological polar surface area (TPSA) is 107 Å². The minimum absolute atomic E-state index is 0.522. The van der Waals surface area contributed by atoms with Gasteiger partial charge in [-0.25, -0.2) is 15.0 Å². The Bertz CT molecular complexity index is 1670. The average Bonchev–Trinajstić information content (AvgIpc) is 3.67. The van der Waals surface area contributed by atoms with Crippen molar-refractivity contribution in [1.29, 1.82) is 0 Å². The molecule has 2 aromatic carbocycles. The molecule has 0 aliphatic carbocycles. The third-order valence-electron chi connectivity index (χ3n) is 6.22. The van der Waals surface area contributed by atoms with Crippen molar-refractivity contribution in [2.45, 2.75) is 33.7 Å². The summed E-state index contributed by atoms with van der Waals surface area (Å²) in [4.78, 5) is 13.9. The number of nitrogens with zero attached hydrogens (tertiary/aromatic N) is 7. The first-order valence-corrected chi connectivity index (χ1v) is 12.8. The Kier molecular flexibility index (Phi) is 5.93. The molecular formula is C27H24N8OS. The lowest BCUT2D eigenvalue weighted by molar-refractivity contribution is 0.479. The van der Waals surface area contributed by atoms with E-state index >= 15 is 0 Å². The van der Waals surface area contributed by atoms with Crippen LogP contribution in [0, 0.1) is 13.8 Å². The number of thiazole rings is 1. The summed E-state index contributed by atoms with van der Waals surface area (Å²) in [5, 5.41) is 17.1. The Morgan fingerprint density at radius 3 is 2.59 bits per heavy atom. The summed E-state index contributed by atoms with van der Waals surface area (Å²) in [5.41, 5.74) is 8.04. The predicted octanol–water partition coefficient (Wildman–Crippen LogP) is 5.75. The molecule has 0 saturated carbocycles. The lowest BCUT2D eigenvalue weighted by Gasteiger charge is -2.12. The summed E-state index contributed by atoms with van der Waals surface area (Å²) in [6.45, 7) is 6.94. The van der Waals surface area contributed by atoms with Crippen LogP contribution in [-0.4, -0.2) is 40.1 Å². The summed E-state index contributed by atoms with van der Waals surface area (Å²) in [6.07, 6.45) is 2.56. The van der Waals surface area contributed by atoms with Gasteiger partial charge >= 0.3 is 0 Å². The number of ether oxygens (including phenoxy) is 1. The van der Waals surface area contributed by atoms with Crippen LogP contribution in [-0.2, 0) is 13.0 Å². The zero-order valence-corrected chi connectivity index (χ0v) is 21.5. The van der Waals surface area contributed by atoms with Crippen LogP contribution in [0.3, 0.4) is 0 Å². The van der Waals surface area contributed by atoms with Crippen molar-refractivity contribution >= 4 is 22.5 Å². The number of hydrogen-bond donors (Lipinski definition) is 1. The molecule has 0 spiro atoms. The molecular weight excluding hydrogens is 484 g/mol. The highest BCUT2D eigenvalue weighted by atomic mass is 32.1. The van der Waals surface area contributed by atoms with E-state index in [0.717, 1.165) is 56.9 Å². The molecule has 9 nitrogen and oxygen atoms in total. The van der Waals surface area contributed by atoms with Crippen LogP contribution < -0.4 is 4.74 Å². The van der Waals surface area contributed by atoms with Crippen LogP contribution in [0.15, 0.2) is 60.1 Å². The second kappa shape index (κ2) is 9.55. The number of rotatable bonds is 7. The number of nitrogens with one attached hydrogen (secondary N) is 1. The largest absolute Gasteiger partial charge is 0.431 e. The third-order valence-corrected chi connectivity index (χ3v) is 6.86. The summed E-state index contributed by atoms with van der Waals surface area (Å²) in [6, 6.07) is 16.4. The highest BCUT2D eigenvalue weighted by Gasteiger charge is 2.16. The standard InChI is InChI=1S/C27H24N8OS/c1-4-23-30-24-16(2)13-17(3)29-26(24)35(23)15-18-5-7-19(8-6-18)22-14-20(36-27-28-11-12-37-27)9-10-21(22)25-31-33-34-32-25/h5-14H,4,15H2,1-3H3,(H,31,32,33,34). The van der Waals surface area contributed by atoms with Crippen LogP contribution in [0.5, 0.6) is 10.9 Å². The second-order valence-corrected chi connectivity index (χ2v) is 9.62. The minimum Gasteiger partial charge on any atom is -0.431 e. The fraction of sp³-hybridized carbons (Fsp3) is 0.185. The molecule has 6 rings (SSSR count). The van der Waals surface area contributed by atoms with Gasteiger partial charge in [-0.3, -0.25) is 0 Å². The Morgan fingerprint density at radius 1 is 1.00 bits per heavy atom. The zero-order valence-electron chi connectivity index (χ0n) is 20.6. The minimum atomic E-state index is 0.522. The van der Waals surface area contributed by atoms with Crippen LogP contribution in [0.4, 0.5) is 0 Å². The molecule has 0 fully saturated rings. The number of fused-ring (bicyclic) bond motifs is 1. The van der Waals surface area contributed by atoms with Crippen LogP contribution in [0.1, 0.15) is 29.6 Å². The normalized spacial score (nSPS) is 11.3. The van der Waals surface area contributed by atoms with Gasteiger partial charge < -0.3 is 9.30 Å². The van der Waals surface area contributed by atoms with E-state index in [1.165, 1.54) is 11.3 Å². The number of pyridine rings is 1. The SMILES string of the molecule is CCc1nc2c(C)cc(C)nc2n1Cc1ccc(-c2cc(Oc3nccs3)ccc2-c2nn[nH]n2)cc1. The van der Waals surface area contributed by atoms with Gasteiger partial charge in [0.05, 0.1) is 6.54 Å². The fourth-order valence-electron chi connectivity index (χ4n) is 4.51. The maximum Gasteiger partial charge on any atom is 0.278 e. The maximum atomic E-state index is 5.96. The van der Waals surface area contributed by atoms with Gasteiger partial charge in [-0.15, -0.1) is 10.2 Å². The van der Waals surface area contributed by atoms with Crippen LogP contribution >= 0.6 is 11.3 Å². The van der Waals surface area contributed by atoms with Crippen molar-refractivity contribution in [1.82, 2.24) is 40.1 Å². The van der Waals surface area contributed by atoms with E-state index in [9.17, 15) is 0 Å². The number of tetrazole rings is 1. The van der Waals surface area contributed by atoms with Gasteiger partial charge in [0.2, 0.25) is 5.82 Å². The molecule has 0 aliphatic heterocycles.